The average Bonchev–Trinajstić information content (AvgIpc) is 3.01. The number of hydrogen-bond acceptors (Lipinski definition) is 1. The summed E-state index contributed by atoms with van der Waals surface area (Å²) in [4.78, 5) is 2.36. The van der Waals surface area contributed by atoms with Gasteiger partial charge in [0.1, 0.15) is 0 Å². The van der Waals surface area contributed by atoms with E-state index < -0.39 is 0 Å². The fraction of sp³-hybridized carbons (Fsp3) is 0.100. The Morgan fingerprint density at radius 1 is 0.366 bits per heavy atom. The van der Waals surface area contributed by atoms with Crippen LogP contribution in [0.3, 0.4) is 0 Å². The standard InChI is InChI=1S/C40H33N/c1-28-23-32-25-30-13-9-11-19-37(30)38-20-12-10-14-31(38)26-33-27-36(21-22-39(33)40(32)24-29(28)2)41(34-15-5-3-6-16-34)35-17-7-4-8-18-35/h3-24,27H,25-26H2,1-2H3. The Hall–Kier alpha value is -4.88. The highest BCUT2D eigenvalue weighted by atomic mass is 15.1. The molecule has 0 saturated heterocycles. The molecule has 0 radical (unpaired) electrons. The Labute approximate surface area is 243 Å². The van der Waals surface area contributed by atoms with E-state index in [0.29, 0.717) is 0 Å². The molecule has 0 heterocycles. The van der Waals surface area contributed by atoms with E-state index in [1.165, 1.54) is 61.3 Å². The Kier molecular flexibility index (Phi) is 6.49. The first-order chi connectivity index (χ1) is 20.2. The Morgan fingerprint density at radius 3 is 1.41 bits per heavy atom. The molecule has 0 saturated carbocycles. The van der Waals surface area contributed by atoms with Gasteiger partial charge < -0.3 is 4.90 Å². The van der Waals surface area contributed by atoms with E-state index in [1.54, 1.807) is 0 Å². The van der Waals surface area contributed by atoms with Crippen LogP contribution in [-0.2, 0) is 12.8 Å². The Bertz CT molecular complexity index is 1810. The van der Waals surface area contributed by atoms with Crippen LogP contribution in [0.15, 0.2) is 140 Å². The quantitative estimate of drug-likeness (QED) is 0.221. The van der Waals surface area contributed by atoms with E-state index in [2.05, 4.69) is 158 Å². The first-order valence-electron chi connectivity index (χ1n) is 14.5. The monoisotopic (exact) mass is 527 g/mol. The molecule has 6 aromatic carbocycles. The fourth-order valence-electron chi connectivity index (χ4n) is 6.29. The van der Waals surface area contributed by atoms with Gasteiger partial charge in [-0.15, -0.1) is 0 Å². The summed E-state index contributed by atoms with van der Waals surface area (Å²) in [6, 6.07) is 51.1. The van der Waals surface area contributed by atoms with Crippen molar-refractivity contribution in [2.24, 2.45) is 0 Å². The molecule has 0 N–H and O–H groups in total. The maximum Gasteiger partial charge on any atom is 0.0464 e. The summed E-state index contributed by atoms with van der Waals surface area (Å²) < 4.78 is 0. The molecule has 0 bridgehead atoms. The van der Waals surface area contributed by atoms with E-state index in [-0.39, 0.29) is 0 Å². The van der Waals surface area contributed by atoms with Gasteiger partial charge in [-0.2, -0.15) is 0 Å². The van der Waals surface area contributed by atoms with Crippen molar-refractivity contribution in [1.82, 2.24) is 0 Å². The molecule has 0 amide bonds. The molecular weight excluding hydrogens is 494 g/mol. The van der Waals surface area contributed by atoms with Crippen LogP contribution in [0.25, 0.3) is 22.3 Å². The zero-order valence-electron chi connectivity index (χ0n) is 23.6. The molecule has 0 aromatic heterocycles. The van der Waals surface area contributed by atoms with Gasteiger partial charge in [0.15, 0.2) is 0 Å². The minimum atomic E-state index is 0.859. The number of fused-ring (bicyclic) bond motifs is 6. The molecule has 0 spiro atoms. The lowest BCUT2D eigenvalue weighted by molar-refractivity contribution is 1.13. The second-order valence-electron chi connectivity index (χ2n) is 11.1. The highest BCUT2D eigenvalue weighted by molar-refractivity contribution is 5.82. The number of hydrogen-bond donors (Lipinski definition) is 0. The van der Waals surface area contributed by atoms with Crippen LogP contribution in [0.5, 0.6) is 0 Å². The van der Waals surface area contributed by atoms with Crippen LogP contribution in [0.1, 0.15) is 33.4 Å². The van der Waals surface area contributed by atoms with Gasteiger partial charge >= 0.3 is 0 Å². The fourth-order valence-corrected chi connectivity index (χ4v) is 6.29. The average molecular weight is 528 g/mol. The van der Waals surface area contributed by atoms with Crippen molar-refractivity contribution in [3.63, 3.8) is 0 Å². The maximum atomic E-state index is 2.42. The second kappa shape index (κ2) is 10.6. The molecule has 41 heavy (non-hydrogen) atoms. The third kappa shape index (κ3) is 4.74. The van der Waals surface area contributed by atoms with Crippen molar-refractivity contribution in [2.75, 3.05) is 4.90 Å². The third-order valence-electron chi connectivity index (χ3n) is 8.47. The van der Waals surface area contributed by atoms with E-state index >= 15 is 0 Å². The number of para-hydroxylation sites is 2. The molecule has 1 heteroatoms. The lowest BCUT2D eigenvalue weighted by Gasteiger charge is -2.27. The normalized spacial score (nSPS) is 12.0. The summed E-state index contributed by atoms with van der Waals surface area (Å²) >= 11 is 0. The highest BCUT2D eigenvalue weighted by Gasteiger charge is 2.21. The Morgan fingerprint density at radius 2 is 0.829 bits per heavy atom. The number of rotatable bonds is 3. The van der Waals surface area contributed by atoms with Gasteiger partial charge in [-0.3, -0.25) is 0 Å². The summed E-state index contributed by atoms with van der Waals surface area (Å²) in [7, 11) is 0. The number of benzene rings is 6. The van der Waals surface area contributed by atoms with Crippen LogP contribution in [-0.4, -0.2) is 0 Å². The summed E-state index contributed by atoms with van der Waals surface area (Å²) in [5.41, 5.74) is 16.9. The molecule has 0 aliphatic heterocycles. The lowest BCUT2D eigenvalue weighted by atomic mass is 9.82. The van der Waals surface area contributed by atoms with E-state index in [1.807, 2.05) is 0 Å². The lowest BCUT2D eigenvalue weighted by Crippen LogP contribution is -2.11. The van der Waals surface area contributed by atoms with Gasteiger partial charge in [0.25, 0.3) is 0 Å². The predicted molar refractivity (Wildman–Crippen MR) is 174 cm³/mol. The third-order valence-corrected chi connectivity index (χ3v) is 8.47. The summed E-state index contributed by atoms with van der Waals surface area (Å²) in [6.45, 7) is 4.47. The minimum Gasteiger partial charge on any atom is -0.310 e. The predicted octanol–water partition coefficient (Wildman–Crippen LogP) is 10.6. The van der Waals surface area contributed by atoms with Crippen molar-refractivity contribution in [2.45, 2.75) is 26.7 Å². The van der Waals surface area contributed by atoms with Crippen LogP contribution in [0, 0.1) is 13.8 Å². The van der Waals surface area contributed by atoms with Gasteiger partial charge in [0.2, 0.25) is 0 Å². The summed E-state index contributed by atoms with van der Waals surface area (Å²) in [6.07, 6.45) is 1.76. The van der Waals surface area contributed by atoms with Gasteiger partial charge in [-0.05, 0) is 119 Å². The first kappa shape index (κ1) is 25.1. The van der Waals surface area contributed by atoms with Gasteiger partial charge in [-0.1, -0.05) is 103 Å². The molecule has 0 atom stereocenters. The molecule has 1 nitrogen and oxygen atoms in total. The van der Waals surface area contributed by atoms with Crippen LogP contribution < -0.4 is 4.90 Å². The SMILES string of the molecule is Cc1cc2c(cc1C)-c1ccc(N(c3ccccc3)c3ccccc3)cc1Cc1ccccc1-c1ccccc1C2. The largest absolute Gasteiger partial charge is 0.310 e. The van der Waals surface area contributed by atoms with Gasteiger partial charge in [-0.25, -0.2) is 0 Å². The molecule has 6 aromatic rings. The number of anilines is 3. The molecule has 0 fully saturated rings. The second-order valence-corrected chi connectivity index (χ2v) is 11.1. The van der Waals surface area contributed by atoms with Gasteiger partial charge in [0, 0.05) is 17.1 Å². The summed E-state index contributed by atoms with van der Waals surface area (Å²) in [5.74, 6) is 0. The maximum absolute atomic E-state index is 2.42. The first-order valence-corrected chi connectivity index (χ1v) is 14.5. The van der Waals surface area contributed by atoms with E-state index in [4.69, 9.17) is 0 Å². The van der Waals surface area contributed by atoms with E-state index in [0.717, 1.165) is 24.2 Å². The molecule has 7 rings (SSSR count). The van der Waals surface area contributed by atoms with Crippen molar-refractivity contribution >= 4 is 17.1 Å². The zero-order chi connectivity index (χ0) is 27.8. The highest BCUT2D eigenvalue weighted by Crippen LogP contribution is 2.41. The number of aryl methyl sites for hydroxylation is 2. The Balaban J connectivity index is 1.48. The zero-order valence-corrected chi connectivity index (χ0v) is 23.6. The summed E-state index contributed by atoms with van der Waals surface area (Å²) in [5, 5.41) is 0. The molecule has 198 valence electrons. The van der Waals surface area contributed by atoms with Crippen molar-refractivity contribution < 1.29 is 0 Å². The van der Waals surface area contributed by atoms with Crippen LogP contribution in [0.4, 0.5) is 17.1 Å². The van der Waals surface area contributed by atoms with Crippen molar-refractivity contribution in [3.8, 4) is 22.3 Å². The van der Waals surface area contributed by atoms with Crippen molar-refractivity contribution in [3.05, 3.63) is 173 Å². The molecular formula is C40H33N. The molecule has 1 aliphatic carbocycles. The minimum absolute atomic E-state index is 0.859. The smallest absolute Gasteiger partial charge is 0.0464 e. The van der Waals surface area contributed by atoms with Crippen LogP contribution in [0.2, 0.25) is 0 Å². The topological polar surface area (TPSA) is 3.24 Å². The van der Waals surface area contributed by atoms with Crippen LogP contribution >= 0.6 is 0 Å². The molecule has 1 aliphatic rings. The van der Waals surface area contributed by atoms with Gasteiger partial charge in [0.05, 0.1) is 0 Å². The molecule has 0 unspecified atom stereocenters. The number of nitrogens with zero attached hydrogens (tertiary/aromatic N) is 1. The van der Waals surface area contributed by atoms with E-state index in [9.17, 15) is 0 Å². The van der Waals surface area contributed by atoms with Crippen molar-refractivity contribution in [1.29, 1.82) is 0 Å².